The van der Waals surface area contributed by atoms with Gasteiger partial charge in [0.25, 0.3) is 0 Å². The third-order valence-corrected chi connectivity index (χ3v) is 2.76. The minimum Gasteiger partial charge on any atom is -0.0795 e. The molecule has 2 rings (SSSR count). The number of rotatable bonds is 1. The van der Waals surface area contributed by atoms with Crippen LogP contribution in [0, 0.1) is 6.08 Å². The van der Waals surface area contributed by atoms with Gasteiger partial charge in [-0.15, -0.1) is 0 Å². The molecule has 0 fully saturated rings. The van der Waals surface area contributed by atoms with Gasteiger partial charge in [0.15, 0.2) is 0 Å². The monoisotopic (exact) mass is 197 g/mol. The van der Waals surface area contributed by atoms with Gasteiger partial charge in [-0.3, -0.25) is 0 Å². The molecule has 0 saturated carbocycles. The Kier molecular flexibility index (Phi) is 2.52. The van der Waals surface area contributed by atoms with Gasteiger partial charge < -0.3 is 0 Å². The van der Waals surface area contributed by atoms with Crippen LogP contribution in [0.25, 0.3) is 5.57 Å². The maximum absolute atomic E-state index is 3.34. The molecule has 0 atom stereocenters. The minimum atomic E-state index is 0.238. The van der Waals surface area contributed by atoms with E-state index in [0.717, 1.165) is 6.42 Å². The van der Waals surface area contributed by atoms with Crippen molar-refractivity contribution < 1.29 is 0 Å². The maximum Gasteiger partial charge on any atom is -0.00849 e. The van der Waals surface area contributed by atoms with E-state index in [4.69, 9.17) is 0 Å². The van der Waals surface area contributed by atoms with Gasteiger partial charge in [-0.2, -0.15) is 0 Å². The van der Waals surface area contributed by atoms with Gasteiger partial charge in [0.05, 0.1) is 0 Å². The van der Waals surface area contributed by atoms with Crippen molar-refractivity contribution in [2.45, 2.75) is 32.6 Å². The third-order valence-electron chi connectivity index (χ3n) is 2.76. The molecule has 0 N–H and O–H groups in total. The molecule has 0 aromatic heterocycles. The summed E-state index contributed by atoms with van der Waals surface area (Å²) in [4.78, 5) is 0. The van der Waals surface area contributed by atoms with Gasteiger partial charge in [0, 0.05) is 0 Å². The third kappa shape index (κ3) is 2.20. The van der Waals surface area contributed by atoms with E-state index in [1.807, 2.05) is 0 Å². The fourth-order valence-electron chi connectivity index (χ4n) is 1.75. The van der Waals surface area contributed by atoms with Crippen molar-refractivity contribution in [1.82, 2.24) is 0 Å². The van der Waals surface area contributed by atoms with E-state index in [1.54, 1.807) is 0 Å². The normalized spacial score (nSPS) is 15.5. The smallest absolute Gasteiger partial charge is 0.00849 e. The van der Waals surface area contributed by atoms with Crippen LogP contribution in [-0.2, 0) is 5.41 Å². The molecule has 1 aromatic rings. The summed E-state index contributed by atoms with van der Waals surface area (Å²) < 4.78 is 0. The van der Waals surface area contributed by atoms with E-state index in [-0.39, 0.29) is 5.41 Å². The molecule has 0 aliphatic heterocycles. The second-order valence-corrected chi connectivity index (χ2v) is 5.02. The molecule has 0 unspecified atom stereocenters. The molecule has 0 nitrogen and oxygen atoms in total. The Labute approximate surface area is 92.3 Å². The summed E-state index contributed by atoms with van der Waals surface area (Å²) in [6.45, 7) is 6.72. The fourth-order valence-corrected chi connectivity index (χ4v) is 1.75. The zero-order valence-corrected chi connectivity index (χ0v) is 9.67. The maximum atomic E-state index is 3.34. The molecule has 0 spiro atoms. The van der Waals surface area contributed by atoms with E-state index >= 15 is 0 Å². The first-order chi connectivity index (χ1) is 7.07. The van der Waals surface area contributed by atoms with Gasteiger partial charge in [0.1, 0.15) is 0 Å². The van der Waals surface area contributed by atoms with Crippen LogP contribution in [0.3, 0.4) is 0 Å². The quantitative estimate of drug-likeness (QED) is 0.635. The number of allylic oxidation sites excluding steroid dienone is 4. The van der Waals surface area contributed by atoms with Gasteiger partial charge in [-0.1, -0.05) is 57.2 Å². The van der Waals surface area contributed by atoms with E-state index in [0.29, 0.717) is 0 Å². The average Bonchev–Trinajstić information content (AvgIpc) is 2.69. The lowest BCUT2D eigenvalue weighted by Crippen LogP contribution is -2.10. The van der Waals surface area contributed by atoms with Crippen LogP contribution in [0.4, 0.5) is 0 Å². The first kappa shape index (κ1) is 10.2. The van der Waals surface area contributed by atoms with Crippen LogP contribution in [-0.4, -0.2) is 0 Å². The van der Waals surface area contributed by atoms with Gasteiger partial charge >= 0.3 is 0 Å². The summed E-state index contributed by atoms with van der Waals surface area (Å²) in [5.41, 5.74) is 4.13. The van der Waals surface area contributed by atoms with Gasteiger partial charge in [-0.05, 0) is 34.6 Å². The molecule has 0 heteroatoms. The first-order valence-corrected chi connectivity index (χ1v) is 5.46. The lowest BCUT2D eigenvalue weighted by molar-refractivity contribution is 0.590. The van der Waals surface area contributed by atoms with Crippen LogP contribution in [0.15, 0.2) is 36.4 Å². The van der Waals surface area contributed by atoms with Crippen molar-refractivity contribution in [1.29, 1.82) is 0 Å². The molecule has 1 aromatic carbocycles. The number of hydrogen-bond donors (Lipinski definition) is 0. The zero-order chi connectivity index (χ0) is 10.9. The summed E-state index contributed by atoms with van der Waals surface area (Å²) >= 11 is 0. The molecule has 0 heterocycles. The largest absolute Gasteiger partial charge is 0.0795 e. The van der Waals surface area contributed by atoms with Crippen molar-refractivity contribution >= 4 is 5.57 Å². The highest BCUT2D eigenvalue weighted by atomic mass is 14.2. The van der Waals surface area contributed by atoms with Crippen molar-refractivity contribution in [3.05, 3.63) is 53.6 Å². The molecule has 0 saturated heterocycles. The van der Waals surface area contributed by atoms with E-state index in [1.165, 1.54) is 16.7 Å². The molecule has 1 aliphatic rings. The SMILES string of the molecule is CC(C)(C)c1ccc(C2=[C]CC=C2)cc1. The van der Waals surface area contributed by atoms with Crippen LogP contribution in [0.2, 0.25) is 0 Å². The topological polar surface area (TPSA) is 0 Å². The van der Waals surface area contributed by atoms with Crippen LogP contribution in [0.5, 0.6) is 0 Å². The number of benzene rings is 1. The standard InChI is InChI=1S/C15H17/c1-15(2,3)14-10-8-13(9-11-14)12-6-4-5-7-12/h4,6,8-11H,5H2,1-3H3. The summed E-state index contributed by atoms with van der Waals surface area (Å²) in [6, 6.07) is 8.82. The van der Waals surface area contributed by atoms with Crippen LogP contribution in [0.1, 0.15) is 38.3 Å². The fraction of sp³-hybridized carbons (Fsp3) is 0.333. The Hall–Kier alpha value is -1.30. The predicted molar refractivity (Wildman–Crippen MR) is 65.5 cm³/mol. The Balaban J connectivity index is 2.28. The predicted octanol–water partition coefficient (Wildman–Crippen LogP) is 4.13. The highest BCUT2D eigenvalue weighted by molar-refractivity contribution is 5.74. The molecule has 15 heavy (non-hydrogen) atoms. The Morgan fingerprint density at radius 3 is 2.20 bits per heavy atom. The first-order valence-electron chi connectivity index (χ1n) is 5.46. The van der Waals surface area contributed by atoms with Gasteiger partial charge in [0.2, 0.25) is 0 Å². The van der Waals surface area contributed by atoms with Crippen LogP contribution < -0.4 is 0 Å². The zero-order valence-electron chi connectivity index (χ0n) is 9.67. The Morgan fingerprint density at radius 2 is 1.73 bits per heavy atom. The van der Waals surface area contributed by atoms with Gasteiger partial charge in [-0.25, -0.2) is 0 Å². The van der Waals surface area contributed by atoms with E-state index in [9.17, 15) is 0 Å². The summed E-state index contributed by atoms with van der Waals surface area (Å²) in [7, 11) is 0. The van der Waals surface area contributed by atoms with Crippen molar-refractivity contribution in [3.63, 3.8) is 0 Å². The van der Waals surface area contributed by atoms with E-state index < -0.39 is 0 Å². The Bertz CT molecular complexity index is 397. The average molecular weight is 197 g/mol. The summed E-state index contributed by atoms with van der Waals surface area (Å²) in [6.07, 6.45) is 8.58. The molecule has 1 radical (unpaired) electrons. The highest BCUT2D eigenvalue weighted by Gasteiger charge is 2.13. The molecule has 0 bridgehead atoms. The van der Waals surface area contributed by atoms with Crippen LogP contribution >= 0.6 is 0 Å². The second kappa shape index (κ2) is 3.69. The summed E-state index contributed by atoms with van der Waals surface area (Å²) in [5.74, 6) is 0. The number of hydrogen-bond acceptors (Lipinski definition) is 0. The molecular weight excluding hydrogens is 180 g/mol. The lowest BCUT2D eigenvalue weighted by atomic mass is 9.86. The second-order valence-electron chi connectivity index (χ2n) is 5.02. The highest BCUT2D eigenvalue weighted by Crippen LogP contribution is 2.26. The summed E-state index contributed by atoms with van der Waals surface area (Å²) in [5, 5.41) is 0. The van der Waals surface area contributed by atoms with Crippen molar-refractivity contribution in [2.24, 2.45) is 0 Å². The molecule has 0 amide bonds. The molecular formula is C15H17. The molecule has 77 valence electrons. The van der Waals surface area contributed by atoms with E-state index in [2.05, 4.69) is 63.3 Å². The van der Waals surface area contributed by atoms with Crippen molar-refractivity contribution in [2.75, 3.05) is 0 Å². The lowest BCUT2D eigenvalue weighted by Gasteiger charge is -2.19. The molecule has 1 aliphatic carbocycles. The minimum absolute atomic E-state index is 0.238. The van der Waals surface area contributed by atoms with Crippen molar-refractivity contribution in [3.8, 4) is 0 Å². The Morgan fingerprint density at radius 1 is 1.07 bits per heavy atom.